The Balaban J connectivity index is 1.52. The molecule has 1 aliphatic heterocycles. The fourth-order valence-electron chi connectivity index (χ4n) is 3.45. The second-order valence-electron chi connectivity index (χ2n) is 8.73. The average Bonchev–Trinajstić information content (AvgIpc) is 3.13. The zero-order valence-corrected chi connectivity index (χ0v) is 18.0. The van der Waals surface area contributed by atoms with E-state index in [0.29, 0.717) is 31.9 Å². The normalized spacial score (nSPS) is 15.9. The molecular weight excluding hydrogens is 366 g/mol. The molecule has 6 nitrogen and oxygen atoms in total. The van der Waals surface area contributed by atoms with E-state index < -0.39 is 0 Å². The number of furan rings is 1. The van der Waals surface area contributed by atoms with E-state index in [-0.39, 0.29) is 23.4 Å². The van der Waals surface area contributed by atoms with Crippen LogP contribution in [-0.4, -0.2) is 47.9 Å². The highest BCUT2D eigenvalue weighted by atomic mass is 16.3. The molecule has 0 bridgehead atoms. The fraction of sp³-hybridized carbons (Fsp3) is 0.478. The molecule has 1 unspecified atom stereocenters. The molecule has 1 aliphatic rings. The minimum Gasteiger partial charge on any atom is -0.456 e. The predicted octanol–water partition coefficient (Wildman–Crippen LogP) is 4.11. The third-order valence-corrected chi connectivity index (χ3v) is 5.42. The Morgan fingerprint density at radius 1 is 0.966 bits per heavy atom. The van der Waals surface area contributed by atoms with Gasteiger partial charge in [-0.2, -0.15) is 0 Å². The highest BCUT2D eigenvalue weighted by Crippen LogP contribution is 2.24. The fourth-order valence-corrected chi connectivity index (χ4v) is 3.45. The third kappa shape index (κ3) is 5.00. The molecule has 1 fully saturated rings. The lowest BCUT2D eigenvalue weighted by molar-refractivity contribution is 0.0631. The maximum absolute atomic E-state index is 12.7. The number of carbonyl (C=O) groups is 2. The molecule has 0 radical (unpaired) electrons. The quantitative estimate of drug-likeness (QED) is 0.847. The van der Waals surface area contributed by atoms with Crippen molar-refractivity contribution in [2.75, 3.05) is 26.2 Å². The van der Waals surface area contributed by atoms with Crippen molar-refractivity contribution < 1.29 is 14.0 Å². The minimum absolute atomic E-state index is 0.0812. The van der Waals surface area contributed by atoms with Gasteiger partial charge in [-0.25, -0.2) is 4.79 Å². The number of nitrogens with zero attached hydrogens (tertiary/aromatic N) is 2. The van der Waals surface area contributed by atoms with Gasteiger partial charge in [-0.1, -0.05) is 45.0 Å². The number of urea groups is 1. The minimum atomic E-state index is -0.120. The van der Waals surface area contributed by atoms with Crippen molar-refractivity contribution in [1.82, 2.24) is 15.1 Å². The second kappa shape index (κ2) is 8.31. The van der Waals surface area contributed by atoms with Crippen LogP contribution in [0.3, 0.4) is 0 Å². The first-order valence-electron chi connectivity index (χ1n) is 10.2. The van der Waals surface area contributed by atoms with Gasteiger partial charge in [-0.3, -0.25) is 4.79 Å². The van der Waals surface area contributed by atoms with Crippen molar-refractivity contribution in [3.63, 3.8) is 0 Å². The van der Waals surface area contributed by atoms with Crippen molar-refractivity contribution in [2.24, 2.45) is 0 Å². The van der Waals surface area contributed by atoms with E-state index in [1.165, 1.54) is 5.56 Å². The van der Waals surface area contributed by atoms with Crippen LogP contribution in [0.5, 0.6) is 0 Å². The van der Waals surface area contributed by atoms with Crippen molar-refractivity contribution >= 4 is 11.9 Å². The molecule has 1 aromatic heterocycles. The zero-order chi connectivity index (χ0) is 21.2. The molecule has 0 aliphatic carbocycles. The van der Waals surface area contributed by atoms with E-state index in [1.54, 1.807) is 21.9 Å². The lowest BCUT2D eigenvalue weighted by Gasteiger charge is -2.35. The molecule has 29 heavy (non-hydrogen) atoms. The molecule has 0 saturated carbocycles. The zero-order valence-electron chi connectivity index (χ0n) is 18.0. The molecule has 1 saturated heterocycles. The smallest absolute Gasteiger partial charge is 0.317 e. The van der Waals surface area contributed by atoms with E-state index >= 15 is 0 Å². The van der Waals surface area contributed by atoms with Gasteiger partial charge in [-0.15, -0.1) is 0 Å². The Labute approximate surface area is 172 Å². The lowest BCUT2D eigenvalue weighted by atomic mass is 9.86. The summed E-state index contributed by atoms with van der Waals surface area (Å²) in [6, 6.07) is 11.7. The maximum atomic E-state index is 12.7. The van der Waals surface area contributed by atoms with E-state index in [4.69, 9.17) is 4.42 Å². The maximum Gasteiger partial charge on any atom is 0.317 e. The van der Waals surface area contributed by atoms with Gasteiger partial charge in [-0.05, 0) is 42.5 Å². The van der Waals surface area contributed by atoms with Gasteiger partial charge in [0.15, 0.2) is 5.76 Å². The van der Waals surface area contributed by atoms with Crippen LogP contribution < -0.4 is 5.32 Å². The molecule has 0 spiro atoms. The van der Waals surface area contributed by atoms with Gasteiger partial charge in [0.05, 0.1) is 6.04 Å². The van der Waals surface area contributed by atoms with Gasteiger partial charge in [0.2, 0.25) is 0 Å². The van der Waals surface area contributed by atoms with Crippen LogP contribution in [0.15, 0.2) is 40.8 Å². The summed E-state index contributed by atoms with van der Waals surface area (Å²) in [6.45, 7) is 12.4. The van der Waals surface area contributed by atoms with E-state index in [9.17, 15) is 9.59 Å². The first-order chi connectivity index (χ1) is 13.6. The largest absolute Gasteiger partial charge is 0.456 e. The first-order valence-corrected chi connectivity index (χ1v) is 10.2. The van der Waals surface area contributed by atoms with Gasteiger partial charge in [0.25, 0.3) is 5.91 Å². The molecule has 1 N–H and O–H groups in total. The molecular formula is C23H31N3O3. The molecule has 1 atom stereocenters. The summed E-state index contributed by atoms with van der Waals surface area (Å²) in [5.74, 6) is 0.953. The molecule has 3 rings (SSSR count). The van der Waals surface area contributed by atoms with Crippen LogP contribution in [-0.2, 0) is 5.41 Å². The molecule has 2 heterocycles. The second-order valence-corrected chi connectivity index (χ2v) is 8.73. The van der Waals surface area contributed by atoms with E-state index in [2.05, 4.69) is 50.4 Å². The number of rotatable bonds is 3. The number of piperazine rings is 1. The lowest BCUT2D eigenvalue weighted by Crippen LogP contribution is -2.53. The standard InChI is InChI=1S/C23H31N3O3/c1-16-6-11-20(29-16)21(27)25-12-14-26(15-13-25)22(28)24-17(2)18-7-9-19(10-8-18)23(3,4)5/h6-11,17H,12-15H2,1-5H3,(H,24,28). The molecule has 2 aromatic rings. The van der Waals surface area contributed by atoms with E-state index in [1.807, 2.05) is 13.8 Å². The molecule has 6 heteroatoms. The number of amides is 3. The number of hydrogen-bond donors (Lipinski definition) is 1. The number of hydrogen-bond acceptors (Lipinski definition) is 3. The van der Waals surface area contributed by atoms with Crippen molar-refractivity contribution in [3.8, 4) is 0 Å². The first kappa shape index (κ1) is 21.0. The SMILES string of the molecule is Cc1ccc(C(=O)N2CCN(C(=O)NC(C)c3ccc(C(C)(C)C)cc3)CC2)o1. The summed E-state index contributed by atoms with van der Waals surface area (Å²) in [6.07, 6.45) is 0. The highest BCUT2D eigenvalue weighted by molar-refractivity contribution is 5.91. The summed E-state index contributed by atoms with van der Waals surface area (Å²) >= 11 is 0. The van der Waals surface area contributed by atoms with Crippen LogP contribution in [0, 0.1) is 6.92 Å². The Hall–Kier alpha value is -2.76. The number of benzene rings is 1. The van der Waals surface area contributed by atoms with Crippen LogP contribution in [0.25, 0.3) is 0 Å². The summed E-state index contributed by atoms with van der Waals surface area (Å²) in [5, 5.41) is 3.07. The van der Waals surface area contributed by atoms with Gasteiger partial charge < -0.3 is 19.5 Å². The number of nitrogens with one attached hydrogen (secondary N) is 1. The van der Waals surface area contributed by atoms with Crippen molar-refractivity contribution in [2.45, 2.75) is 46.1 Å². The van der Waals surface area contributed by atoms with Gasteiger partial charge >= 0.3 is 6.03 Å². The topological polar surface area (TPSA) is 65.8 Å². The Morgan fingerprint density at radius 3 is 2.07 bits per heavy atom. The van der Waals surface area contributed by atoms with Crippen LogP contribution in [0.4, 0.5) is 4.79 Å². The summed E-state index contributed by atoms with van der Waals surface area (Å²) in [5.41, 5.74) is 2.46. The average molecular weight is 398 g/mol. The monoisotopic (exact) mass is 397 g/mol. The molecule has 3 amide bonds. The Kier molecular flexibility index (Phi) is 6.01. The van der Waals surface area contributed by atoms with E-state index in [0.717, 1.165) is 11.3 Å². The predicted molar refractivity (Wildman–Crippen MR) is 113 cm³/mol. The van der Waals surface area contributed by atoms with Crippen LogP contribution >= 0.6 is 0 Å². The Bertz CT molecular complexity index is 856. The van der Waals surface area contributed by atoms with Gasteiger partial charge in [0.1, 0.15) is 5.76 Å². The third-order valence-electron chi connectivity index (χ3n) is 5.42. The molecule has 156 valence electrons. The van der Waals surface area contributed by atoms with Gasteiger partial charge in [0, 0.05) is 26.2 Å². The van der Waals surface area contributed by atoms with Crippen LogP contribution in [0.2, 0.25) is 0 Å². The highest BCUT2D eigenvalue weighted by Gasteiger charge is 2.27. The summed E-state index contributed by atoms with van der Waals surface area (Å²) in [4.78, 5) is 28.6. The number of aryl methyl sites for hydroxylation is 1. The molecule has 1 aromatic carbocycles. The van der Waals surface area contributed by atoms with Crippen LogP contribution in [0.1, 0.15) is 61.2 Å². The van der Waals surface area contributed by atoms with Crippen molar-refractivity contribution in [1.29, 1.82) is 0 Å². The summed E-state index contributed by atoms with van der Waals surface area (Å²) < 4.78 is 5.42. The summed E-state index contributed by atoms with van der Waals surface area (Å²) in [7, 11) is 0. The van der Waals surface area contributed by atoms with Crippen molar-refractivity contribution in [3.05, 3.63) is 59.0 Å². The Morgan fingerprint density at radius 2 is 1.55 bits per heavy atom. The number of carbonyl (C=O) groups excluding carboxylic acids is 2.